The van der Waals surface area contributed by atoms with Crippen molar-refractivity contribution in [2.45, 2.75) is 6.61 Å². The molecule has 1 aromatic heterocycles. The summed E-state index contributed by atoms with van der Waals surface area (Å²) in [5.74, 6) is -0.675. The number of nitrogens with zero attached hydrogens (tertiary/aromatic N) is 3. The van der Waals surface area contributed by atoms with Gasteiger partial charge < -0.3 is 10.2 Å². The van der Waals surface area contributed by atoms with E-state index in [4.69, 9.17) is 10.1 Å². The zero-order chi connectivity index (χ0) is 20.8. The first-order chi connectivity index (χ1) is 14.0. The first-order valence-electron chi connectivity index (χ1n) is 8.38. The lowest BCUT2D eigenvalue weighted by molar-refractivity contribution is -0.384. The molecular weight excluding hydrogens is 376 g/mol. The molecule has 29 heavy (non-hydrogen) atoms. The lowest BCUT2D eigenvalue weighted by Gasteiger charge is -2.10. The van der Waals surface area contributed by atoms with E-state index in [1.54, 1.807) is 24.3 Å². The highest BCUT2D eigenvalue weighted by atomic mass is 16.7. The van der Waals surface area contributed by atoms with Crippen molar-refractivity contribution in [3.05, 3.63) is 104 Å². The Labute approximate surface area is 164 Å². The minimum Gasteiger partial charge on any atom is -0.406 e. The van der Waals surface area contributed by atoms with Crippen LogP contribution in [-0.4, -0.2) is 15.6 Å². The maximum Gasteiger partial charge on any atom is 0.295 e. The van der Waals surface area contributed by atoms with Crippen LogP contribution in [0.5, 0.6) is 0 Å². The number of benzene rings is 2. The van der Waals surface area contributed by atoms with Gasteiger partial charge in [0, 0.05) is 18.3 Å². The van der Waals surface area contributed by atoms with Gasteiger partial charge in [-0.3, -0.25) is 19.7 Å². The Balaban J connectivity index is 1.75. The topological polar surface area (TPSA) is 127 Å². The highest BCUT2D eigenvalue weighted by Gasteiger charge is 2.14. The Morgan fingerprint density at radius 2 is 1.86 bits per heavy atom. The number of hydrogen-bond donors (Lipinski definition) is 1. The summed E-state index contributed by atoms with van der Waals surface area (Å²) in [4.78, 5) is 40.6. The Hall–Kier alpha value is -4.45. The number of non-ortho nitro benzene ring substituents is 1. The summed E-state index contributed by atoms with van der Waals surface area (Å²) in [6, 6.07) is 16.9. The van der Waals surface area contributed by atoms with Crippen molar-refractivity contribution in [1.82, 2.24) is 4.73 Å². The number of carbonyl (C=O) groups is 1. The highest BCUT2D eigenvalue weighted by Crippen LogP contribution is 2.14. The van der Waals surface area contributed by atoms with Crippen molar-refractivity contribution < 1.29 is 14.6 Å². The number of nitro benzene ring substituents is 1. The Bertz CT molecular complexity index is 1160. The first-order valence-corrected chi connectivity index (χ1v) is 8.38. The molecule has 0 saturated heterocycles. The van der Waals surface area contributed by atoms with E-state index in [-0.39, 0.29) is 23.4 Å². The van der Waals surface area contributed by atoms with Crippen LogP contribution in [0.25, 0.3) is 0 Å². The molecule has 144 valence electrons. The van der Waals surface area contributed by atoms with E-state index < -0.39 is 16.4 Å². The molecule has 0 aliphatic carbocycles. The average Bonchev–Trinajstić information content (AvgIpc) is 2.73. The fourth-order valence-corrected chi connectivity index (χ4v) is 2.49. The maximum absolute atomic E-state index is 12.5. The van der Waals surface area contributed by atoms with Gasteiger partial charge in [0.15, 0.2) is 0 Å². The molecule has 1 heterocycles. The SMILES string of the molecule is N#Cc1ccccc1NC(=O)c1cccn(OCc2ccc([N+](=O)[O-])cc2)c1=O. The largest absolute Gasteiger partial charge is 0.406 e. The van der Waals surface area contributed by atoms with Gasteiger partial charge in [-0.25, -0.2) is 0 Å². The second-order valence-corrected chi connectivity index (χ2v) is 5.86. The van der Waals surface area contributed by atoms with Crippen LogP contribution in [-0.2, 0) is 6.61 Å². The monoisotopic (exact) mass is 390 g/mol. The van der Waals surface area contributed by atoms with Gasteiger partial charge in [-0.05, 0) is 42.0 Å². The fourth-order valence-electron chi connectivity index (χ4n) is 2.49. The number of amides is 1. The molecule has 1 amide bonds. The van der Waals surface area contributed by atoms with Crippen molar-refractivity contribution in [2.24, 2.45) is 0 Å². The van der Waals surface area contributed by atoms with Gasteiger partial charge in [-0.15, -0.1) is 0 Å². The number of nitro groups is 1. The third-order valence-electron chi connectivity index (χ3n) is 3.97. The van der Waals surface area contributed by atoms with Crippen molar-refractivity contribution in [2.75, 3.05) is 5.32 Å². The molecule has 0 aliphatic heterocycles. The lowest BCUT2D eigenvalue weighted by Crippen LogP contribution is -2.32. The molecule has 9 heteroatoms. The van der Waals surface area contributed by atoms with Crippen molar-refractivity contribution in [3.8, 4) is 6.07 Å². The van der Waals surface area contributed by atoms with Crippen molar-refractivity contribution in [1.29, 1.82) is 5.26 Å². The minimum absolute atomic E-state index is 0.0275. The van der Waals surface area contributed by atoms with Gasteiger partial charge in [0.2, 0.25) is 0 Å². The predicted octanol–water partition coefficient (Wildman–Crippen LogP) is 2.51. The van der Waals surface area contributed by atoms with E-state index >= 15 is 0 Å². The van der Waals surface area contributed by atoms with E-state index in [2.05, 4.69) is 5.32 Å². The minimum atomic E-state index is -0.679. The van der Waals surface area contributed by atoms with Crippen LogP contribution < -0.4 is 15.7 Å². The summed E-state index contributed by atoms with van der Waals surface area (Å²) in [5.41, 5.74) is 0.279. The van der Waals surface area contributed by atoms with E-state index in [9.17, 15) is 19.7 Å². The number of nitriles is 1. The summed E-state index contributed by atoms with van der Waals surface area (Å²) in [5, 5.41) is 22.3. The Morgan fingerprint density at radius 1 is 1.14 bits per heavy atom. The number of carbonyl (C=O) groups excluding carboxylic acids is 1. The van der Waals surface area contributed by atoms with Crippen LogP contribution in [0.4, 0.5) is 11.4 Å². The van der Waals surface area contributed by atoms with E-state index in [1.165, 1.54) is 42.6 Å². The number of hydrogen-bond acceptors (Lipinski definition) is 6. The molecule has 3 rings (SSSR count). The summed E-state index contributed by atoms with van der Waals surface area (Å²) < 4.78 is 0.909. The van der Waals surface area contributed by atoms with Crippen LogP contribution in [0.2, 0.25) is 0 Å². The van der Waals surface area contributed by atoms with Gasteiger partial charge in [0.05, 0.1) is 16.2 Å². The second-order valence-electron chi connectivity index (χ2n) is 5.86. The van der Waals surface area contributed by atoms with Gasteiger partial charge >= 0.3 is 0 Å². The predicted molar refractivity (Wildman–Crippen MR) is 103 cm³/mol. The number of para-hydroxylation sites is 1. The van der Waals surface area contributed by atoms with E-state index in [1.807, 2.05) is 6.07 Å². The average molecular weight is 390 g/mol. The smallest absolute Gasteiger partial charge is 0.295 e. The third-order valence-corrected chi connectivity index (χ3v) is 3.97. The van der Waals surface area contributed by atoms with Crippen molar-refractivity contribution in [3.63, 3.8) is 0 Å². The second kappa shape index (κ2) is 8.49. The Kier molecular flexibility index (Phi) is 5.66. The lowest BCUT2D eigenvalue weighted by atomic mass is 10.2. The molecular formula is C20H14N4O5. The van der Waals surface area contributed by atoms with Crippen LogP contribution >= 0.6 is 0 Å². The van der Waals surface area contributed by atoms with Gasteiger partial charge in [-0.1, -0.05) is 12.1 Å². The zero-order valence-electron chi connectivity index (χ0n) is 14.9. The molecule has 0 radical (unpaired) electrons. The van der Waals surface area contributed by atoms with E-state index in [0.717, 1.165) is 4.73 Å². The maximum atomic E-state index is 12.5. The number of aromatic nitrogens is 1. The van der Waals surface area contributed by atoms with Crippen LogP contribution in [0.3, 0.4) is 0 Å². The quantitative estimate of drug-likeness (QED) is 0.509. The molecule has 2 aromatic carbocycles. The molecule has 0 aliphatic rings. The molecule has 0 atom stereocenters. The van der Waals surface area contributed by atoms with Gasteiger partial charge in [-0.2, -0.15) is 9.99 Å². The van der Waals surface area contributed by atoms with Crippen LogP contribution in [0, 0.1) is 21.4 Å². The standard InChI is InChI=1S/C20H14N4O5/c21-12-15-4-1-2-6-18(15)22-19(25)17-5-3-11-23(20(17)26)29-13-14-7-9-16(10-8-14)24(27)28/h1-11H,13H2,(H,22,25). The van der Waals surface area contributed by atoms with Gasteiger partial charge in [0.1, 0.15) is 18.2 Å². The van der Waals surface area contributed by atoms with Crippen LogP contribution in [0.1, 0.15) is 21.5 Å². The summed E-state index contributed by atoms with van der Waals surface area (Å²) >= 11 is 0. The number of anilines is 1. The zero-order valence-corrected chi connectivity index (χ0v) is 14.9. The first kappa shape index (κ1) is 19.3. The highest BCUT2D eigenvalue weighted by molar-refractivity contribution is 6.04. The molecule has 0 bridgehead atoms. The summed E-state index contributed by atoms with van der Waals surface area (Å²) in [6.07, 6.45) is 1.35. The van der Waals surface area contributed by atoms with Crippen molar-refractivity contribution >= 4 is 17.3 Å². The number of pyridine rings is 1. The normalized spacial score (nSPS) is 10.0. The van der Waals surface area contributed by atoms with Gasteiger partial charge in [0.25, 0.3) is 17.2 Å². The Morgan fingerprint density at radius 3 is 2.55 bits per heavy atom. The summed E-state index contributed by atoms with van der Waals surface area (Å²) in [7, 11) is 0. The van der Waals surface area contributed by atoms with E-state index in [0.29, 0.717) is 11.3 Å². The number of nitrogens with one attached hydrogen (secondary N) is 1. The van der Waals surface area contributed by atoms with Crippen LogP contribution in [0.15, 0.2) is 71.7 Å². The molecule has 0 fully saturated rings. The molecule has 9 nitrogen and oxygen atoms in total. The molecule has 0 saturated carbocycles. The molecule has 0 unspecified atom stereocenters. The fraction of sp³-hybridized carbons (Fsp3) is 0.0500. The molecule has 1 N–H and O–H groups in total. The molecule has 3 aromatic rings. The third kappa shape index (κ3) is 4.45. The number of rotatable bonds is 6. The molecule has 0 spiro atoms. The summed E-state index contributed by atoms with van der Waals surface area (Å²) in [6.45, 7) is -0.0275.